The van der Waals surface area contributed by atoms with Crippen molar-refractivity contribution in [2.45, 2.75) is 33.6 Å². The molecule has 0 spiro atoms. The highest BCUT2D eigenvalue weighted by molar-refractivity contribution is 6.32. The molecule has 8 aromatic carbocycles. The number of benzene rings is 8. The Bertz CT molecular complexity index is 2680. The van der Waals surface area contributed by atoms with Crippen LogP contribution in [0.15, 0.2) is 170 Å². The lowest BCUT2D eigenvalue weighted by atomic mass is 9.80. The van der Waals surface area contributed by atoms with Gasteiger partial charge in [-0.25, -0.2) is 0 Å². The van der Waals surface area contributed by atoms with Crippen molar-refractivity contribution in [2.75, 3.05) is 4.90 Å². The molecule has 1 heteroatoms. The van der Waals surface area contributed by atoms with E-state index in [-0.39, 0.29) is 0 Å². The molecule has 0 radical (unpaired) electrons. The zero-order chi connectivity index (χ0) is 35.2. The minimum absolute atomic E-state index is 1.05. The fourth-order valence-electron chi connectivity index (χ4n) is 8.39. The SMILES string of the molecule is Cc1cc(C)cc(N(c2ccc3c(c2)c2ccccc2c2c(-c4ccccc4)cc(C4=CCCC=C4)c(-c4ccccc4)c32)c2ccccc2C)c1. The van der Waals surface area contributed by atoms with Crippen LogP contribution >= 0.6 is 0 Å². The highest BCUT2D eigenvalue weighted by atomic mass is 15.1. The van der Waals surface area contributed by atoms with Gasteiger partial charge in [0.05, 0.1) is 0 Å². The number of hydrogen-bond donors (Lipinski definition) is 0. The number of fused-ring (bicyclic) bond motifs is 6. The molecule has 0 atom stereocenters. The first kappa shape index (κ1) is 31.8. The number of para-hydroxylation sites is 1. The lowest BCUT2D eigenvalue weighted by molar-refractivity contribution is 1.04. The summed E-state index contributed by atoms with van der Waals surface area (Å²) in [5.74, 6) is 0. The molecule has 0 amide bonds. The van der Waals surface area contributed by atoms with Crippen LogP contribution in [0.5, 0.6) is 0 Å². The van der Waals surface area contributed by atoms with E-state index in [2.05, 4.69) is 196 Å². The van der Waals surface area contributed by atoms with Gasteiger partial charge in [0, 0.05) is 17.1 Å². The molecule has 1 nitrogen and oxygen atoms in total. The third-order valence-electron chi connectivity index (χ3n) is 10.6. The highest BCUT2D eigenvalue weighted by Crippen LogP contribution is 2.49. The molecule has 250 valence electrons. The van der Waals surface area contributed by atoms with Crippen LogP contribution in [0.2, 0.25) is 0 Å². The summed E-state index contributed by atoms with van der Waals surface area (Å²) in [6.07, 6.45) is 9.21. The van der Waals surface area contributed by atoms with Crippen LogP contribution in [0.4, 0.5) is 17.1 Å². The average molecular weight is 668 g/mol. The summed E-state index contributed by atoms with van der Waals surface area (Å²) in [6.45, 7) is 6.59. The van der Waals surface area contributed by atoms with Gasteiger partial charge >= 0.3 is 0 Å². The van der Waals surface area contributed by atoms with Crippen LogP contribution in [0.3, 0.4) is 0 Å². The predicted molar refractivity (Wildman–Crippen MR) is 225 cm³/mol. The van der Waals surface area contributed by atoms with E-state index in [1.807, 2.05) is 0 Å². The van der Waals surface area contributed by atoms with Gasteiger partial charge in [-0.2, -0.15) is 0 Å². The summed E-state index contributed by atoms with van der Waals surface area (Å²) >= 11 is 0. The standard InChI is InChI=1S/C51H41N/c1-34-29-35(2)31-41(30-34)52(48-26-16-13-17-36(48)3)40-27-28-44-47(32-40)42-24-14-15-25-43(42)50-46(38-20-9-5-10-21-38)33-45(37-18-7-4-8-19-37)49(51(44)50)39-22-11-6-12-23-39/h5-7,9-33H,4,8H2,1-3H3. The Morgan fingerprint density at radius 3 is 1.83 bits per heavy atom. The van der Waals surface area contributed by atoms with E-state index in [1.165, 1.54) is 93.8 Å². The van der Waals surface area contributed by atoms with Crippen molar-refractivity contribution >= 4 is 55.0 Å². The molecule has 0 aromatic heterocycles. The van der Waals surface area contributed by atoms with Gasteiger partial charge < -0.3 is 4.90 Å². The van der Waals surface area contributed by atoms with Crippen LogP contribution in [0.1, 0.15) is 35.1 Å². The van der Waals surface area contributed by atoms with Gasteiger partial charge in [-0.15, -0.1) is 0 Å². The van der Waals surface area contributed by atoms with E-state index in [9.17, 15) is 0 Å². The normalized spacial score (nSPS) is 12.8. The summed E-state index contributed by atoms with van der Waals surface area (Å²) in [5.41, 5.74) is 14.9. The largest absolute Gasteiger partial charge is 0.310 e. The fraction of sp³-hybridized carbons (Fsp3) is 0.0980. The van der Waals surface area contributed by atoms with Crippen LogP contribution in [-0.2, 0) is 0 Å². The minimum atomic E-state index is 1.05. The number of hydrogen-bond acceptors (Lipinski definition) is 1. The number of allylic oxidation sites excluding steroid dienone is 4. The van der Waals surface area contributed by atoms with Gasteiger partial charge in [0.1, 0.15) is 0 Å². The van der Waals surface area contributed by atoms with E-state index < -0.39 is 0 Å². The van der Waals surface area contributed by atoms with E-state index in [4.69, 9.17) is 0 Å². The lowest BCUT2D eigenvalue weighted by Crippen LogP contribution is -2.11. The Hall–Kier alpha value is -6.18. The van der Waals surface area contributed by atoms with Gasteiger partial charge in [0.2, 0.25) is 0 Å². The first-order chi connectivity index (χ1) is 25.5. The summed E-state index contributed by atoms with van der Waals surface area (Å²) in [5, 5.41) is 7.65. The topological polar surface area (TPSA) is 3.24 Å². The monoisotopic (exact) mass is 667 g/mol. The Morgan fingerprint density at radius 2 is 1.12 bits per heavy atom. The first-order valence-corrected chi connectivity index (χ1v) is 18.4. The van der Waals surface area contributed by atoms with Crippen LogP contribution < -0.4 is 4.90 Å². The summed E-state index contributed by atoms with van der Waals surface area (Å²) in [4.78, 5) is 2.44. The number of rotatable bonds is 6. The predicted octanol–water partition coefficient (Wildman–Crippen LogP) is 14.6. The fourth-order valence-corrected chi connectivity index (χ4v) is 8.39. The summed E-state index contributed by atoms with van der Waals surface area (Å²) in [7, 11) is 0. The van der Waals surface area contributed by atoms with E-state index in [1.54, 1.807) is 0 Å². The second kappa shape index (κ2) is 13.2. The Morgan fingerprint density at radius 1 is 0.462 bits per heavy atom. The van der Waals surface area contributed by atoms with Gasteiger partial charge in [0.25, 0.3) is 0 Å². The van der Waals surface area contributed by atoms with Crippen LogP contribution in [0, 0.1) is 20.8 Å². The third kappa shape index (κ3) is 5.50. The molecule has 9 rings (SSSR count). The van der Waals surface area contributed by atoms with Crippen LogP contribution in [-0.4, -0.2) is 0 Å². The Labute approximate surface area is 306 Å². The Kier molecular flexibility index (Phi) is 8.05. The van der Waals surface area contributed by atoms with Crippen molar-refractivity contribution in [3.05, 3.63) is 192 Å². The van der Waals surface area contributed by atoms with E-state index in [0.29, 0.717) is 0 Å². The molecule has 1 aliphatic carbocycles. The second-order valence-corrected chi connectivity index (χ2v) is 14.2. The average Bonchev–Trinajstić information content (AvgIpc) is 3.19. The number of anilines is 3. The molecule has 0 bridgehead atoms. The molecule has 8 aromatic rings. The van der Waals surface area contributed by atoms with E-state index in [0.717, 1.165) is 18.5 Å². The highest BCUT2D eigenvalue weighted by Gasteiger charge is 2.23. The van der Waals surface area contributed by atoms with Crippen molar-refractivity contribution < 1.29 is 0 Å². The smallest absolute Gasteiger partial charge is 0.0490 e. The van der Waals surface area contributed by atoms with Crippen molar-refractivity contribution in [2.24, 2.45) is 0 Å². The van der Waals surface area contributed by atoms with Crippen molar-refractivity contribution in [1.82, 2.24) is 0 Å². The van der Waals surface area contributed by atoms with Crippen molar-refractivity contribution in [1.29, 1.82) is 0 Å². The van der Waals surface area contributed by atoms with Crippen LogP contribution in [0.25, 0.3) is 60.1 Å². The Balaban J connectivity index is 1.46. The maximum atomic E-state index is 2.47. The van der Waals surface area contributed by atoms with Crippen molar-refractivity contribution in [3.63, 3.8) is 0 Å². The second-order valence-electron chi connectivity index (χ2n) is 14.2. The third-order valence-corrected chi connectivity index (χ3v) is 10.6. The molecule has 52 heavy (non-hydrogen) atoms. The first-order valence-electron chi connectivity index (χ1n) is 18.4. The lowest BCUT2D eigenvalue weighted by Gasteiger charge is -2.28. The van der Waals surface area contributed by atoms with Gasteiger partial charge in [0.15, 0.2) is 0 Å². The molecule has 0 heterocycles. The number of nitrogens with zero attached hydrogens (tertiary/aromatic N) is 1. The molecule has 0 saturated heterocycles. The van der Waals surface area contributed by atoms with Gasteiger partial charge in [-0.05, 0) is 152 Å². The van der Waals surface area contributed by atoms with Gasteiger partial charge in [-0.3, -0.25) is 0 Å². The molecule has 0 fully saturated rings. The zero-order valence-corrected chi connectivity index (χ0v) is 30.0. The molecule has 0 N–H and O–H groups in total. The molecular formula is C51H41N. The number of aryl methyl sites for hydroxylation is 3. The molecule has 0 aliphatic heterocycles. The summed E-state index contributed by atoms with van der Waals surface area (Å²) < 4.78 is 0. The maximum absolute atomic E-state index is 2.47. The zero-order valence-electron chi connectivity index (χ0n) is 30.0. The molecule has 1 aliphatic rings. The minimum Gasteiger partial charge on any atom is -0.310 e. The maximum Gasteiger partial charge on any atom is 0.0490 e. The molecular weight excluding hydrogens is 627 g/mol. The van der Waals surface area contributed by atoms with Gasteiger partial charge in [-0.1, -0.05) is 133 Å². The van der Waals surface area contributed by atoms with E-state index >= 15 is 0 Å². The summed E-state index contributed by atoms with van der Waals surface area (Å²) in [6, 6.07) is 56.2. The quantitative estimate of drug-likeness (QED) is 0.160. The molecule has 0 unspecified atom stereocenters. The van der Waals surface area contributed by atoms with Crippen molar-refractivity contribution in [3.8, 4) is 22.3 Å². The molecule has 0 saturated carbocycles.